The number of anilines is 2. The van der Waals surface area contributed by atoms with Crippen LogP contribution in [0.4, 0.5) is 11.4 Å². The van der Waals surface area contributed by atoms with Gasteiger partial charge >= 0.3 is 0 Å². The van der Waals surface area contributed by atoms with Crippen LogP contribution in [0.25, 0.3) is 0 Å². The highest BCUT2D eigenvalue weighted by molar-refractivity contribution is 7.92. The highest BCUT2D eigenvalue weighted by Gasteiger charge is 2.21. The molecule has 0 fully saturated rings. The minimum absolute atomic E-state index is 0.00992. The van der Waals surface area contributed by atoms with Crippen LogP contribution < -0.4 is 19.5 Å². The molecule has 0 atom stereocenters. The van der Waals surface area contributed by atoms with Gasteiger partial charge in [-0.1, -0.05) is 29.8 Å². The molecule has 0 radical (unpaired) electrons. The first kappa shape index (κ1) is 20.1. The Balaban J connectivity index is 1.59. The number of fused-ring (bicyclic) bond motifs is 1. The maximum absolute atomic E-state index is 12.9. The lowest BCUT2D eigenvalue weighted by Crippen LogP contribution is -2.17. The van der Waals surface area contributed by atoms with E-state index in [1.54, 1.807) is 49.4 Å². The van der Waals surface area contributed by atoms with Crippen molar-refractivity contribution in [2.24, 2.45) is 0 Å². The van der Waals surface area contributed by atoms with E-state index in [1.165, 1.54) is 18.2 Å². The van der Waals surface area contributed by atoms with Gasteiger partial charge in [0, 0.05) is 17.3 Å². The second kappa shape index (κ2) is 7.89. The van der Waals surface area contributed by atoms with Crippen LogP contribution in [-0.4, -0.2) is 21.1 Å². The van der Waals surface area contributed by atoms with Crippen LogP contribution in [0.2, 0.25) is 5.02 Å². The van der Waals surface area contributed by atoms with E-state index in [2.05, 4.69) is 10.0 Å². The Kier molecular flexibility index (Phi) is 5.27. The summed E-state index contributed by atoms with van der Waals surface area (Å²) in [6.45, 7) is 1.91. The van der Waals surface area contributed by atoms with E-state index in [0.717, 1.165) is 5.56 Å². The normalized spacial score (nSPS) is 12.5. The molecule has 0 spiro atoms. The van der Waals surface area contributed by atoms with Gasteiger partial charge in [0.15, 0.2) is 11.5 Å². The number of rotatable bonds is 5. The average Bonchev–Trinajstić information content (AvgIpc) is 3.17. The first-order chi connectivity index (χ1) is 14.3. The van der Waals surface area contributed by atoms with Crippen molar-refractivity contribution in [1.82, 2.24) is 0 Å². The molecule has 1 aliphatic heterocycles. The fourth-order valence-electron chi connectivity index (χ4n) is 2.92. The lowest BCUT2D eigenvalue weighted by Gasteiger charge is -2.13. The van der Waals surface area contributed by atoms with Crippen molar-refractivity contribution in [3.05, 3.63) is 76.8 Å². The zero-order valence-corrected chi connectivity index (χ0v) is 17.4. The van der Waals surface area contributed by atoms with Crippen LogP contribution in [0.5, 0.6) is 11.5 Å². The summed E-state index contributed by atoms with van der Waals surface area (Å²) in [5.74, 6) is 0.627. The van der Waals surface area contributed by atoms with E-state index in [0.29, 0.717) is 22.9 Å². The molecule has 0 unspecified atom stereocenters. The number of carbonyl (C=O) groups excluding carboxylic acids is 1. The third kappa shape index (κ3) is 4.05. The van der Waals surface area contributed by atoms with E-state index in [1.807, 2.05) is 0 Å². The number of hydrogen-bond acceptors (Lipinski definition) is 5. The molecule has 1 amide bonds. The fraction of sp³-hybridized carbons (Fsp3) is 0.0952. The first-order valence-electron chi connectivity index (χ1n) is 8.92. The van der Waals surface area contributed by atoms with E-state index in [9.17, 15) is 13.2 Å². The van der Waals surface area contributed by atoms with Gasteiger partial charge in [-0.3, -0.25) is 9.52 Å². The molecule has 4 rings (SSSR count). The zero-order valence-electron chi connectivity index (χ0n) is 15.8. The number of ether oxygens (including phenoxy) is 2. The molecule has 1 aliphatic rings. The van der Waals surface area contributed by atoms with Gasteiger partial charge in [-0.2, -0.15) is 0 Å². The van der Waals surface area contributed by atoms with E-state index in [-0.39, 0.29) is 22.3 Å². The molecule has 3 aromatic rings. The number of amides is 1. The summed E-state index contributed by atoms with van der Waals surface area (Å²) in [4.78, 5) is 12.5. The Bertz CT molecular complexity index is 1240. The number of sulfonamides is 1. The maximum Gasteiger partial charge on any atom is 0.263 e. The van der Waals surface area contributed by atoms with Crippen molar-refractivity contribution >= 4 is 38.9 Å². The number of halogens is 1. The van der Waals surface area contributed by atoms with Gasteiger partial charge in [-0.15, -0.1) is 0 Å². The predicted octanol–water partition coefficient (Wildman–Crippen LogP) is 4.43. The Labute approximate surface area is 178 Å². The smallest absolute Gasteiger partial charge is 0.263 e. The Morgan fingerprint density at radius 2 is 1.77 bits per heavy atom. The van der Waals surface area contributed by atoms with Crippen molar-refractivity contribution in [2.45, 2.75) is 11.8 Å². The molecule has 1 heterocycles. The summed E-state index contributed by atoms with van der Waals surface area (Å²) in [5.41, 5.74) is 1.82. The fourth-order valence-corrected chi connectivity index (χ4v) is 4.57. The van der Waals surface area contributed by atoms with Gasteiger partial charge in [0.25, 0.3) is 15.9 Å². The first-order valence-corrected chi connectivity index (χ1v) is 10.8. The molecule has 2 N–H and O–H groups in total. The molecule has 154 valence electrons. The Morgan fingerprint density at radius 3 is 2.57 bits per heavy atom. The molecular formula is C21H17ClN2O5S. The largest absolute Gasteiger partial charge is 0.454 e. The van der Waals surface area contributed by atoms with Crippen LogP contribution in [0.1, 0.15) is 15.9 Å². The molecule has 7 nitrogen and oxygen atoms in total. The number of para-hydroxylation sites is 1. The number of aryl methyl sites for hydroxylation is 1. The lowest BCUT2D eigenvalue weighted by atomic mass is 10.2. The molecule has 0 aliphatic carbocycles. The highest BCUT2D eigenvalue weighted by atomic mass is 35.5. The second-order valence-electron chi connectivity index (χ2n) is 6.59. The molecule has 0 saturated heterocycles. The SMILES string of the molecule is Cc1ccccc1NS(=O)(=O)c1cc(C(=O)Nc2ccc3c(c2)OCO3)ccc1Cl. The molecule has 9 heteroatoms. The van der Waals surface area contributed by atoms with Gasteiger partial charge in [0.05, 0.1) is 10.7 Å². The topological polar surface area (TPSA) is 93.7 Å². The third-order valence-electron chi connectivity index (χ3n) is 4.50. The van der Waals surface area contributed by atoms with Crippen molar-refractivity contribution in [1.29, 1.82) is 0 Å². The van der Waals surface area contributed by atoms with Crippen molar-refractivity contribution < 1.29 is 22.7 Å². The summed E-state index contributed by atoms with van der Waals surface area (Å²) in [6.07, 6.45) is 0. The van der Waals surface area contributed by atoms with Crippen molar-refractivity contribution in [3.8, 4) is 11.5 Å². The van der Waals surface area contributed by atoms with E-state index < -0.39 is 15.9 Å². The van der Waals surface area contributed by atoms with Gasteiger partial charge in [-0.05, 0) is 48.9 Å². The molecular weight excluding hydrogens is 428 g/mol. The van der Waals surface area contributed by atoms with Gasteiger partial charge in [0.1, 0.15) is 4.90 Å². The Hall–Kier alpha value is -3.23. The lowest BCUT2D eigenvalue weighted by molar-refractivity contribution is 0.102. The molecule has 30 heavy (non-hydrogen) atoms. The number of hydrogen-bond donors (Lipinski definition) is 2. The van der Waals surface area contributed by atoms with Gasteiger partial charge < -0.3 is 14.8 Å². The minimum atomic E-state index is -4.00. The number of carbonyl (C=O) groups is 1. The Morgan fingerprint density at radius 1 is 1.00 bits per heavy atom. The summed E-state index contributed by atoms with van der Waals surface area (Å²) in [6, 6.07) is 16.0. The predicted molar refractivity (Wildman–Crippen MR) is 114 cm³/mol. The molecule has 3 aromatic carbocycles. The quantitative estimate of drug-likeness (QED) is 0.607. The molecule has 0 aromatic heterocycles. The third-order valence-corrected chi connectivity index (χ3v) is 6.35. The van der Waals surface area contributed by atoms with Crippen molar-refractivity contribution in [3.63, 3.8) is 0 Å². The average molecular weight is 445 g/mol. The summed E-state index contributed by atoms with van der Waals surface area (Å²) in [5, 5.41) is 2.72. The van der Waals surface area contributed by atoms with Crippen LogP contribution in [0.3, 0.4) is 0 Å². The number of benzene rings is 3. The van der Waals surface area contributed by atoms with Crippen LogP contribution in [-0.2, 0) is 10.0 Å². The molecule has 0 saturated carbocycles. The summed E-state index contributed by atoms with van der Waals surface area (Å²) < 4.78 is 38.8. The second-order valence-corrected chi connectivity index (χ2v) is 8.65. The monoisotopic (exact) mass is 444 g/mol. The van der Waals surface area contributed by atoms with Gasteiger partial charge in [0.2, 0.25) is 6.79 Å². The molecule has 0 bridgehead atoms. The van der Waals surface area contributed by atoms with Crippen LogP contribution >= 0.6 is 11.6 Å². The van der Waals surface area contributed by atoms with E-state index in [4.69, 9.17) is 21.1 Å². The summed E-state index contributed by atoms with van der Waals surface area (Å²) in [7, 11) is -4.00. The van der Waals surface area contributed by atoms with Gasteiger partial charge in [-0.25, -0.2) is 8.42 Å². The minimum Gasteiger partial charge on any atom is -0.454 e. The van der Waals surface area contributed by atoms with Crippen LogP contribution in [0.15, 0.2) is 65.6 Å². The van der Waals surface area contributed by atoms with Crippen molar-refractivity contribution in [2.75, 3.05) is 16.8 Å². The van der Waals surface area contributed by atoms with Crippen LogP contribution in [0, 0.1) is 6.92 Å². The maximum atomic E-state index is 12.9. The standard InChI is InChI=1S/C21H17ClN2O5S/c1-13-4-2-3-5-17(13)24-30(26,27)20-10-14(6-8-16(20)22)21(25)23-15-7-9-18-19(11-15)29-12-28-18/h2-11,24H,12H2,1H3,(H,23,25). The van der Waals surface area contributed by atoms with E-state index >= 15 is 0 Å². The zero-order chi connectivity index (χ0) is 21.3. The number of nitrogens with one attached hydrogen (secondary N) is 2. The summed E-state index contributed by atoms with van der Waals surface area (Å²) >= 11 is 6.13. The highest BCUT2D eigenvalue weighted by Crippen LogP contribution is 2.34.